The van der Waals surface area contributed by atoms with Gasteiger partial charge in [-0.05, 0) is 97.7 Å². The maximum Gasteiger partial charge on any atom is 0.335 e. The molecule has 0 aromatic rings. The second kappa shape index (κ2) is 28.1. The molecule has 6 saturated heterocycles. The van der Waals surface area contributed by atoms with Crippen molar-refractivity contribution in [1.29, 1.82) is 0 Å². The van der Waals surface area contributed by atoms with Crippen molar-refractivity contribution in [2.45, 2.75) is 291 Å². The summed E-state index contributed by atoms with van der Waals surface area (Å²) in [6.45, 7) is 13.8. The van der Waals surface area contributed by atoms with Gasteiger partial charge >= 0.3 is 5.97 Å². The lowest BCUT2D eigenvalue weighted by atomic mass is 9.34. The van der Waals surface area contributed by atoms with Crippen molar-refractivity contribution in [1.82, 2.24) is 0 Å². The molecule has 0 radical (unpaired) electrons. The predicted molar refractivity (Wildman–Crippen MR) is 321 cm³/mol. The number of hydrogen-bond acceptors (Lipinski definition) is 30. The molecule has 6 aliphatic heterocycles. The van der Waals surface area contributed by atoms with Gasteiger partial charge in [-0.1, -0.05) is 72.3 Å². The molecule has 38 atom stereocenters. The Morgan fingerprint density at radius 3 is 1.75 bits per heavy atom. The van der Waals surface area contributed by atoms with E-state index in [9.17, 15) is 96.7 Å². The minimum atomic E-state index is -2.30. The molecule has 0 bridgehead atoms. The van der Waals surface area contributed by atoms with Crippen molar-refractivity contribution in [2.24, 2.45) is 50.2 Å². The molecular weight excluding hydrogens is 1280 g/mol. The lowest BCUT2D eigenvalue weighted by Gasteiger charge is -2.70. The highest BCUT2D eigenvalue weighted by atomic mass is 16.8. The standard InChI is InChI=1S/C65H104O31/c1-25-35(70)39(74)43(78)54(87-25)86-23-31-38(73)41(76)52(96-55-44(79)40(75)37(72)29(20-66)88-55)59(90-31)92-48-30(21-67)89-56(45(80)42(48)77)95-51-36(71)28(69)22-85-58(51)93-49-46(81)50(53(83)84)94-57(47(49)82)91-34-12-13-62(5)32(63(34,6)24-68)11-14-65(8)33(62)10-9-26-27-19-60(2,3)15-16-61(27,4)17-18-64(26,65)7/h9,17-18,25,27-52,54-59,66-82H,10-16,19-24H2,1-8H3,(H,83,84). The van der Waals surface area contributed by atoms with Crippen molar-refractivity contribution in [3.05, 3.63) is 23.8 Å². The lowest BCUT2D eigenvalue weighted by Crippen LogP contribution is -2.68. The topological polar surface area (TPSA) is 492 Å². The third-order valence-electron chi connectivity index (χ3n) is 24.8. The average Bonchev–Trinajstić information content (AvgIpc) is 0.677. The molecule has 550 valence electrons. The van der Waals surface area contributed by atoms with Crippen LogP contribution in [0.2, 0.25) is 0 Å². The Morgan fingerprint density at radius 2 is 1.09 bits per heavy atom. The molecule has 31 heteroatoms. The second-order valence-corrected chi connectivity index (χ2v) is 31.1. The van der Waals surface area contributed by atoms with Crippen LogP contribution in [0.25, 0.3) is 0 Å². The summed E-state index contributed by atoms with van der Waals surface area (Å²) >= 11 is 0. The number of carboxylic acid groups (broad SMARTS) is 1. The average molecular weight is 1380 g/mol. The summed E-state index contributed by atoms with van der Waals surface area (Å²) in [4.78, 5) is 13.0. The molecule has 9 fully saturated rings. The van der Waals surface area contributed by atoms with Crippen LogP contribution in [0.4, 0.5) is 0 Å². The number of hydrogen-bond donors (Lipinski definition) is 18. The molecule has 6 heterocycles. The number of allylic oxidation sites excluding steroid dienone is 4. The minimum Gasteiger partial charge on any atom is -0.479 e. The van der Waals surface area contributed by atoms with Crippen LogP contribution in [0, 0.1) is 50.2 Å². The maximum absolute atomic E-state index is 13.0. The minimum absolute atomic E-state index is 0.0764. The van der Waals surface area contributed by atoms with Crippen LogP contribution in [0.5, 0.6) is 0 Å². The number of carboxylic acids is 1. The van der Waals surface area contributed by atoms with Gasteiger partial charge in [0.15, 0.2) is 43.8 Å². The van der Waals surface area contributed by atoms with E-state index in [-0.39, 0.29) is 45.5 Å². The zero-order valence-corrected chi connectivity index (χ0v) is 55.3. The fraction of sp³-hybridized carbons (Fsp3) is 0.923. The van der Waals surface area contributed by atoms with Gasteiger partial charge in [0, 0.05) is 10.8 Å². The predicted octanol–water partition coefficient (Wildman–Crippen LogP) is -4.38. The summed E-state index contributed by atoms with van der Waals surface area (Å²) in [5.41, 5.74) is 0.187. The first kappa shape index (κ1) is 75.0. The maximum atomic E-state index is 13.0. The summed E-state index contributed by atoms with van der Waals surface area (Å²) < 4.78 is 70.9. The number of ether oxygens (including phenoxy) is 12. The zero-order valence-electron chi connectivity index (χ0n) is 55.3. The van der Waals surface area contributed by atoms with E-state index in [4.69, 9.17) is 56.8 Å². The van der Waals surface area contributed by atoms with E-state index >= 15 is 0 Å². The van der Waals surface area contributed by atoms with E-state index in [1.54, 1.807) is 0 Å². The first-order valence-electron chi connectivity index (χ1n) is 33.8. The fourth-order valence-electron chi connectivity index (χ4n) is 18.5. The van der Waals surface area contributed by atoms with E-state index in [1.807, 2.05) is 6.92 Å². The molecule has 31 nitrogen and oxygen atoms in total. The van der Waals surface area contributed by atoms with Crippen LogP contribution in [0.3, 0.4) is 0 Å². The smallest absolute Gasteiger partial charge is 0.335 e. The van der Waals surface area contributed by atoms with Gasteiger partial charge in [0.1, 0.15) is 128 Å². The Balaban J connectivity index is 0.794. The van der Waals surface area contributed by atoms with Crippen LogP contribution in [0.15, 0.2) is 23.8 Å². The molecule has 11 aliphatic rings. The Morgan fingerprint density at radius 1 is 0.521 bits per heavy atom. The molecule has 18 N–H and O–H groups in total. The Bertz CT molecular complexity index is 2740. The molecule has 0 spiro atoms. The highest BCUT2D eigenvalue weighted by Gasteiger charge is 2.69. The quantitative estimate of drug-likeness (QED) is 0.0483. The number of rotatable bonds is 17. The van der Waals surface area contributed by atoms with Gasteiger partial charge in [0.05, 0.1) is 45.2 Å². The van der Waals surface area contributed by atoms with Crippen LogP contribution < -0.4 is 0 Å². The highest BCUT2D eigenvalue weighted by molar-refractivity contribution is 5.73. The van der Waals surface area contributed by atoms with E-state index in [2.05, 4.69) is 59.8 Å². The summed E-state index contributed by atoms with van der Waals surface area (Å²) in [6.07, 6.45) is -42.5. The van der Waals surface area contributed by atoms with Crippen LogP contribution in [-0.2, 0) is 61.6 Å². The molecule has 0 aromatic carbocycles. The zero-order chi connectivity index (χ0) is 70.0. The first-order chi connectivity index (χ1) is 45.0. The van der Waals surface area contributed by atoms with E-state index < -0.39 is 222 Å². The van der Waals surface area contributed by atoms with Crippen LogP contribution >= 0.6 is 0 Å². The summed E-state index contributed by atoms with van der Waals surface area (Å²) in [5, 5.41) is 199. The molecule has 11 rings (SSSR count). The van der Waals surface area contributed by atoms with E-state index in [0.717, 1.165) is 38.5 Å². The van der Waals surface area contributed by atoms with Crippen molar-refractivity contribution >= 4 is 5.97 Å². The number of aliphatic carboxylic acids is 1. The van der Waals surface area contributed by atoms with Gasteiger partial charge in [0.25, 0.3) is 0 Å². The van der Waals surface area contributed by atoms with Gasteiger partial charge in [-0.3, -0.25) is 0 Å². The van der Waals surface area contributed by atoms with Crippen molar-refractivity contribution in [2.75, 3.05) is 33.0 Å². The molecule has 5 aliphatic carbocycles. The van der Waals surface area contributed by atoms with Crippen molar-refractivity contribution in [3.8, 4) is 0 Å². The van der Waals surface area contributed by atoms with Crippen molar-refractivity contribution < 1.29 is 154 Å². The monoisotopic (exact) mass is 1380 g/mol. The lowest BCUT2D eigenvalue weighted by molar-refractivity contribution is -0.402. The van der Waals surface area contributed by atoms with Crippen molar-refractivity contribution in [3.63, 3.8) is 0 Å². The van der Waals surface area contributed by atoms with Crippen LogP contribution in [-0.4, -0.2) is 315 Å². The molecule has 0 amide bonds. The van der Waals surface area contributed by atoms with Gasteiger partial charge in [0.2, 0.25) is 0 Å². The van der Waals surface area contributed by atoms with E-state index in [1.165, 1.54) is 12.5 Å². The van der Waals surface area contributed by atoms with E-state index in [0.29, 0.717) is 18.8 Å². The Hall–Kier alpha value is -2.21. The van der Waals surface area contributed by atoms with Gasteiger partial charge in [-0.15, -0.1) is 0 Å². The largest absolute Gasteiger partial charge is 0.479 e. The van der Waals surface area contributed by atoms with Crippen LogP contribution in [0.1, 0.15) is 107 Å². The Labute approximate surface area is 555 Å². The molecule has 3 saturated carbocycles. The van der Waals surface area contributed by atoms with Gasteiger partial charge in [-0.2, -0.15) is 0 Å². The molecule has 0 aromatic heterocycles. The first-order valence-corrected chi connectivity index (χ1v) is 33.8. The fourth-order valence-corrected chi connectivity index (χ4v) is 18.5. The molecular formula is C65H104O31. The number of aliphatic hydroxyl groups excluding tert-OH is 17. The molecule has 38 unspecified atom stereocenters. The summed E-state index contributed by atoms with van der Waals surface area (Å²) in [5.74, 6) is -1.19. The highest BCUT2D eigenvalue weighted by Crippen LogP contribution is 2.74. The number of carbonyl (C=O) groups is 1. The normalized spacial score (nSPS) is 55.0. The van der Waals surface area contributed by atoms with Gasteiger partial charge in [-0.25, -0.2) is 4.79 Å². The Kier molecular flexibility index (Phi) is 21.9. The van der Waals surface area contributed by atoms with Gasteiger partial charge < -0.3 is 149 Å². The third kappa shape index (κ3) is 12.9. The number of fused-ring (bicyclic) bond motifs is 7. The third-order valence-corrected chi connectivity index (χ3v) is 24.8. The summed E-state index contributed by atoms with van der Waals surface area (Å²) in [7, 11) is 0. The number of aliphatic hydroxyl groups is 17. The molecule has 96 heavy (non-hydrogen) atoms. The second-order valence-electron chi connectivity index (χ2n) is 31.1. The SMILES string of the molecule is CC1OC(OCC2OC(OC3C(CO)OC(OC4C(OC5C(O)C(OC6CCC7(C)C(CCC8(C)C7CC=C7C9CC(C)(C)CCC9(C)C=CC78C)C6(C)CO)OC(C(=O)O)C5O)OCC(O)C4O)C(O)C3O)C(OC3OC(CO)C(O)C(O)C3O)C(O)C2O)C(O)C(O)C1O. The summed E-state index contributed by atoms with van der Waals surface area (Å²) in [6, 6.07) is 0.